The number of fused-ring (bicyclic) bond motifs is 5. The van der Waals surface area contributed by atoms with Gasteiger partial charge in [-0.2, -0.15) is 0 Å². The first-order valence-corrected chi connectivity index (χ1v) is 20.6. The molecule has 5 heteroatoms. The summed E-state index contributed by atoms with van der Waals surface area (Å²) < 4.78 is 16.3. The smallest absolute Gasteiger partial charge is 0.338 e. The van der Waals surface area contributed by atoms with Gasteiger partial charge in [0, 0.05) is 6.61 Å². The predicted octanol–water partition coefficient (Wildman–Crippen LogP) is 11.6. The van der Waals surface area contributed by atoms with Gasteiger partial charge in [-0.25, -0.2) is 9.59 Å². The molecule has 0 radical (unpaired) electrons. The van der Waals surface area contributed by atoms with Crippen molar-refractivity contribution in [2.45, 2.75) is 156 Å². The molecule has 3 saturated carbocycles. The van der Waals surface area contributed by atoms with Crippen molar-refractivity contribution < 1.29 is 23.8 Å². The first kappa shape index (κ1) is 39.1. The van der Waals surface area contributed by atoms with Crippen LogP contribution in [0, 0.1) is 46.3 Å². The quantitative estimate of drug-likeness (QED) is 0.0925. The maximum atomic E-state index is 12.2. The Hall–Kier alpha value is -2.14. The van der Waals surface area contributed by atoms with Gasteiger partial charge < -0.3 is 14.2 Å². The molecule has 0 aliphatic heterocycles. The van der Waals surface area contributed by atoms with E-state index in [-0.39, 0.29) is 11.9 Å². The highest BCUT2D eigenvalue weighted by Crippen LogP contribution is 2.67. The van der Waals surface area contributed by atoms with E-state index in [0.29, 0.717) is 28.1 Å². The van der Waals surface area contributed by atoms with Gasteiger partial charge in [0.25, 0.3) is 0 Å². The summed E-state index contributed by atoms with van der Waals surface area (Å²) in [4.78, 5) is 24.2. The number of hydrogen-bond acceptors (Lipinski definition) is 5. The molecule has 3 fully saturated rings. The minimum absolute atomic E-state index is 0.362. The Labute approximate surface area is 305 Å². The standard InChI is InChI=1S/C45H70O5/c1-31(2)15-14-16-32(3)39-22-23-40-38-21-19-35-30-36(24-26-44(35,4)41(38)25-27-45(39,40)5)50-28-13-11-9-8-10-12-17-33-29-34(42(46)48-6)18-20-37(33)43(47)49-7/h18-20,29,31-32,36,38-41H,8-17,21-28,30H2,1-7H3/t32-,36?,38+,39-,40+,41+,44+,45-/m1/s1. The Balaban J connectivity index is 1.01. The normalized spacial score (nSPS) is 31.0. The molecule has 1 aromatic carbocycles. The van der Waals surface area contributed by atoms with Crippen molar-refractivity contribution >= 4 is 11.9 Å². The van der Waals surface area contributed by atoms with E-state index in [0.717, 1.165) is 79.8 Å². The van der Waals surface area contributed by atoms with E-state index in [1.165, 1.54) is 97.7 Å². The molecule has 0 heterocycles. The summed E-state index contributed by atoms with van der Waals surface area (Å²) in [6.07, 6.45) is 25.7. The van der Waals surface area contributed by atoms with Crippen LogP contribution in [-0.4, -0.2) is 38.9 Å². The number of benzene rings is 1. The van der Waals surface area contributed by atoms with Crippen molar-refractivity contribution in [3.8, 4) is 0 Å². The molecular formula is C45H70O5. The minimum atomic E-state index is -0.386. The fourth-order valence-corrected chi connectivity index (χ4v) is 11.5. The predicted molar refractivity (Wildman–Crippen MR) is 203 cm³/mol. The van der Waals surface area contributed by atoms with Crippen molar-refractivity contribution in [3.63, 3.8) is 0 Å². The van der Waals surface area contributed by atoms with E-state index in [1.54, 1.807) is 23.8 Å². The second kappa shape index (κ2) is 17.6. The molecule has 8 atom stereocenters. The molecule has 4 aliphatic carbocycles. The second-order valence-electron chi connectivity index (χ2n) is 17.8. The number of hydrogen-bond donors (Lipinski definition) is 0. The molecule has 0 saturated heterocycles. The van der Waals surface area contributed by atoms with Crippen molar-refractivity contribution in [2.24, 2.45) is 46.3 Å². The molecule has 4 aliphatic rings. The summed E-state index contributed by atoms with van der Waals surface area (Å²) in [6.45, 7) is 13.6. The maximum absolute atomic E-state index is 12.2. The Bertz CT molecular complexity index is 1310. The number of esters is 2. The van der Waals surface area contributed by atoms with Crippen molar-refractivity contribution in [2.75, 3.05) is 20.8 Å². The molecule has 50 heavy (non-hydrogen) atoms. The van der Waals surface area contributed by atoms with Crippen LogP contribution >= 0.6 is 0 Å². The summed E-state index contributed by atoms with van der Waals surface area (Å²) in [6, 6.07) is 5.08. The van der Waals surface area contributed by atoms with Crippen molar-refractivity contribution in [1.29, 1.82) is 0 Å². The Kier molecular flexibility index (Phi) is 13.7. The summed E-state index contributed by atoms with van der Waals surface area (Å²) in [5, 5.41) is 0. The SMILES string of the molecule is COC(=O)c1ccc(C(=O)OC)c(CCCCCCCCOC2CC[C@@]3(C)C(=CC[C@H]4[C@@H]5CC[C@H]([C@H](C)CCCC(C)C)[C@@]5(C)CC[C@@H]43)C2)c1. The van der Waals surface area contributed by atoms with Gasteiger partial charge in [0.05, 0.1) is 31.5 Å². The summed E-state index contributed by atoms with van der Waals surface area (Å²) >= 11 is 0. The van der Waals surface area contributed by atoms with Crippen LogP contribution in [0.25, 0.3) is 0 Å². The van der Waals surface area contributed by atoms with Crippen molar-refractivity contribution in [3.05, 3.63) is 46.5 Å². The van der Waals surface area contributed by atoms with E-state index in [4.69, 9.17) is 14.2 Å². The highest BCUT2D eigenvalue weighted by molar-refractivity contribution is 5.94. The number of ether oxygens (including phenoxy) is 3. The van der Waals surface area contributed by atoms with Crippen LogP contribution in [0.2, 0.25) is 0 Å². The molecule has 1 unspecified atom stereocenters. The average molecular weight is 691 g/mol. The van der Waals surface area contributed by atoms with Crippen LogP contribution in [0.5, 0.6) is 0 Å². The summed E-state index contributed by atoms with van der Waals surface area (Å²) in [7, 11) is 2.77. The summed E-state index contributed by atoms with van der Waals surface area (Å²) in [5.74, 6) is 4.60. The molecule has 0 N–H and O–H groups in total. The average Bonchev–Trinajstić information content (AvgIpc) is 3.47. The van der Waals surface area contributed by atoms with Crippen LogP contribution in [-0.2, 0) is 20.6 Å². The lowest BCUT2D eigenvalue weighted by Gasteiger charge is -2.58. The van der Waals surface area contributed by atoms with Crippen LogP contribution in [0.4, 0.5) is 0 Å². The Morgan fingerprint density at radius 2 is 1.56 bits per heavy atom. The highest BCUT2D eigenvalue weighted by Gasteiger charge is 2.59. The Morgan fingerprint density at radius 1 is 0.820 bits per heavy atom. The second-order valence-corrected chi connectivity index (χ2v) is 17.8. The van der Waals surface area contributed by atoms with Gasteiger partial charge >= 0.3 is 11.9 Å². The summed E-state index contributed by atoms with van der Waals surface area (Å²) in [5.41, 5.74) is 4.55. The zero-order chi connectivity index (χ0) is 35.9. The molecule has 0 bridgehead atoms. The molecular weight excluding hydrogens is 620 g/mol. The first-order valence-electron chi connectivity index (χ1n) is 20.6. The molecule has 280 valence electrons. The van der Waals surface area contributed by atoms with Gasteiger partial charge in [-0.1, -0.05) is 91.2 Å². The monoisotopic (exact) mass is 691 g/mol. The minimum Gasteiger partial charge on any atom is -0.465 e. The molecule has 5 rings (SSSR count). The number of rotatable bonds is 17. The van der Waals surface area contributed by atoms with E-state index in [1.807, 2.05) is 0 Å². The van der Waals surface area contributed by atoms with Gasteiger partial charge in [0.2, 0.25) is 0 Å². The molecule has 0 amide bonds. The van der Waals surface area contributed by atoms with Crippen LogP contribution in [0.15, 0.2) is 29.8 Å². The molecule has 5 nitrogen and oxygen atoms in total. The number of methoxy groups -OCH3 is 2. The number of allylic oxidation sites excluding steroid dienone is 1. The largest absolute Gasteiger partial charge is 0.465 e. The van der Waals surface area contributed by atoms with E-state index in [9.17, 15) is 9.59 Å². The van der Waals surface area contributed by atoms with Gasteiger partial charge in [-0.3, -0.25) is 0 Å². The molecule has 0 spiro atoms. The molecule has 1 aromatic rings. The van der Waals surface area contributed by atoms with E-state index < -0.39 is 0 Å². The van der Waals surface area contributed by atoms with Gasteiger partial charge in [-0.05, 0) is 141 Å². The third-order valence-corrected chi connectivity index (χ3v) is 14.4. The third kappa shape index (κ3) is 8.72. The van der Waals surface area contributed by atoms with Gasteiger partial charge in [0.1, 0.15) is 0 Å². The number of carbonyl (C=O) groups excluding carboxylic acids is 2. The third-order valence-electron chi connectivity index (χ3n) is 14.4. The van der Waals surface area contributed by atoms with Crippen LogP contribution in [0.3, 0.4) is 0 Å². The lowest BCUT2D eigenvalue weighted by molar-refractivity contribution is -0.0641. The number of unbranched alkanes of at least 4 members (excludes halogenated alkanes) is 5. The lowest BCUT2D eigenvalue weighted by atomic mass is 9.47. The fraction of sp³-hybridized carbons (Fsp3) is 0.778. The van der Waals surface area contributed by atoms with Crippen LogP contribution < -0.4 is 0 Å². The lowest BCUT2D eigenvalue weighted by Crippen LogP contribution is -2.51. The van der Waals surface area contributed by atoms with E-state index >= 15 is 0 Å². The first-order chi connectivity index (χ1) is 24.0. The van der Waals surface area contributed by atoms with E-state index in [2.05, 4.69) is 40.7 Å². The number of aryl methyl sites for hydroxylation is 1. The van der Waals surface area contributed by atoms with Gasteiger partial charge in [0.15, 0.2) is 0 Å². The van der Waals surface area contributed by atoms with Crippen LogP contribution in [0.1, 0.15) is 170 Å². The number of carbonyl (C=O) groups is 2. The zero-order valence-corrected chi connectivity index (χ0v) is 32.8. The fourth-order valence-electron chi connectivity index (χ4n) is 11.5. The topological polar surface area (TPSA) is 61.8 Å². The van der Waals surface area contributed by atoms with Crippen molar-refractivity contribution in [1.82, 2.24) is 0 Å². The maximum Gasteiger partial charge on any atom is 0.338 e. The molecule has 0 aromatic heterocycles. The van der Waals surface area contributed by atoms with Gasteiger partial charge in [-0.15, -0.1) is 0 Å². The zero-order valence-electron chi connectivity index (χ0n) is 32.8. The Morgan fingerprint density at radius 3 is 2.30 bits per heavy atom. The highest BCUT2D eigenvalue weighted by atomic mass is 16.5.